The van der Waals surface area contributed by atoms with Gasteiger partial charge in [-0.15, -0.1) is 0 Å². The Hall–Kier alpha value is -0.820. The van der Waals surface area contributed by atoms with E-state index in [1.807, 2.05) is 0 Å². The zero-order valence-electron chi connectivity index (χ0n) is 16.4. The molecule has 1 aromatic rings. The lowest BCUT2D eigenvalue weighted by Gasteiger charge is -2.14. The number of benzene rings is 1. The minimum absolute atomic E-state index is 0.690. The van der Waals surface area contributed by atoms with Crippen molar-refractivity contribution >= 4 is 0 Å². The van der Waals surface area contributed by atoms with Crippen LogP contribution in [0.5, 0.6) is 0 Å². The maximum atomic E-state index is 6.00. The fraction of sp³-hybridized carbons (Fsp3) is 0.739. The minimum Gasteiger partial charge on any atom is -0.326 e. The molecule has 0 atom stereocenters. The van der Waals surface area contributed by atoms with Crippen LogP contribution in [0, 0.1) is 0 Å². The second kappa shape index (κ2) is 14.5. The Morgan fingerprint density at radius 3 is 1.71 bits per heavy atom. The summed E-state index contributed by atoms with van der Waals surface area (Å²) in [6.07, 6.45) is 18.9. The number of rotatable bonds is 15. The highest BCUT2D eigenvalue weighted by Crippen LogP contribution is 2.21. The van der Waals surface area contributed by atoms with Gasteiger partial charge in [-0.2, -0.15) is 0 Å². The van der Waals surface area contributed by atoms with E-state index < -0.39 is 0 Å². The summed E-state index contributed by atoms with van der Waals surface area (Å²) >= 11 is 0. The zero-order valence-corrected chi connectivity index (χ0v) is 16.4. The molecular weight excluding hydrogens is 290 g/mol. The lowest BCUT2D eigenvalue weighted by atomic mass is 9.92. The first-order valence-electron chi connectivity index (χ1n) is 10.6. The molecule has 0 fully saturated rings. The molecule has 1 aromatic carbocycles. The van der Waals surface area contributed by atoms with E-state index in [2.05, 4.69) is 32.0 Å². The number of hydrogen-bond acceptors (Lipinski definition) is 1. The van der Waals surface area contributed by atoms with Crippen molar-refractivity contribution in [3.05, 3.63) is 34.9 Å². The average Bonchev–Trinajstić information content (AvgIpc) is 2.61. The van der Waals surface area contributed by atoms with Crippen LogP contribution >= 0.6 is 0 Å². The van der Waals surface area contributed by atoms with Gasteiger partial charge in [-0.3, -0.25) is 0 Å². The zero-order chi connectivity index (χ0) is 17.5. The van der Waals surface area contributed by atoms with E-state index in [9.17, 15) is 0 Å². The van der Waals surface area contributed by atoms with Gasteiger partial charge in [0, 0.05) is 6.54 Å². The van der Waals surface area contributed by atoms with Crippen LogP contribution in [0.1, 0.15) is 108 Å². The van der Waals surface area contributed by atoms with Crippen LogP contribution in [0.4, 0.5) is 0 Å². The number of nitrogens with two attached hydrogens (primary N) is 1. The summed E-state index contributed by atoms with van der Waals surface area (Å²) in [7, 11) is 0. The van der Waals surface area contributed by atoms with Gasteiger partial charge in [-0.1, -0.05) is 96.3 Å². The van der Waals surface area contributed by atoms with Crippen molar-refractivity contribution in [1.29, 1.82) is 0 Å². The van der Waals surface area contributed by atoms with Crippen LogP contribution in [0.25, 0.3) is 0 Å². The molecule has 138 valence electrons. The van der Waals surface area contributed by atoms with E-state index >= 15 is 0 Å². The second-order valence-corrected chi connectivity index (χ2v) is 7.29. The van der Waals surface area contributed by atoms with Crippen LogP contribution < -0.4 is 5.73 Å². The molecule has 1 rings (SSSR count). The van der Waals surface area contributed by atoms with Crippen LogP contribution in [0.3, 0.4) is 0 Å². The van der Waals surface area contributed by atoms with Gasteiger partial charge in [0.05, 0.1) is 0 Å². The Bertz CT molecular complexity index is 410. The first kappa shape index (κ1) is 21.2. The van der Waals surface area contributed by atoms with E-state index in [0.29, 0.717) is 6.54 Å². The summed E-state index contributed by atoms with van der Waals surface area (Å²) in [4.78, 5) is 0. The summed E-state index contributed by atoms with van der Waals surface area (Å²) < 4.78 is 0. The molecule has 0 saturated carbocycles. The molecule has 0 spiro atoms. The fourth-order valence-corrected chi connectivity index (χ4v) is 3.61. The third-order valence-corrected chi connectivity index (χ3v) is 5.17. The quantitative estimate of drug-likeness (QED) is 0.346. The van der Waals surface area contributed by atoms with Gasteiger partial charge in [0.15, 0.2) is 0 Å². The molecule has 0 aliphatic carbocycles. The standard InChI is InChI=1S/C23H41N/c1-3-5-7-9-11-13-16-21-17-15-18-22(20-24)23(21)19-14-12-10-8-6-4-2/h15,17-18H,3-14,16,19-20,24H2,1-2H3. The highest BCUT2D eigenvalue weighted by Gasteiger charge is 2.07. The van der Waals surface area contributed by atoms with Gasteiger partial charge in [0.2, 0.25) is 0 Å². The van der Waals surface area contributed by atoms with Gasteiger partial charge in [-0.05, 0) is 42.4 Å². The number of hydrogen-bond donors (Lipinski definition) is 1. The van der Waals surface area contributed by atoms with Gasteiger partial charge in [-0.25, -0.2) is 0 Å². The molecule has 0 aliphatic rings. The molecule has 0 unspecified atom stereocenters. The molecule has 0 saturated heterocycles. The molecule has 0 heterocycles. The summed E-state index contributed by atoms with van der Waals surface area (Å²) in [5.74, 6) is 0. The Morgan fingerprint density at radius 1 is 0.625 bits per heavy atom. The number of unbranched alkanes of at least 4 members (excludes halogenated alkanes) is 10. The average molecular weight is 332 g/mol. The van der Waals surface area contributed by atoms with Crippen molar-refractivity contribution in [2.45, 2.75) is 110 Å². The lowest BCUT2D eigenvalue weighted by Crippen LogP contribution is -2.05. The van der Waals surface area contributed by atoms with E-state index in [4.69, 9.17) is 5.73 Å². The molecule has 2 N–H and O–H groups in total. The highest BCUT2D eigenvalue weighted by atomic mass is 14.5. The van der Waals surface area contributed by atoms with Crippen LogP contribution in [0.2, 0.25) is 0 Å². The van der Waals surface area contributed by atoms with Crippen LogP contribution in [0.15, 0.2) is 18.2 Å². The Kier molecular flexibility index (Phi) is 12.8. The molecule has 0 radical (unpaired) electrons. The fourth-order valence-electron chi connectivity index (χ4n) is 3.61. The normalized spacial score (nSPS) is 11.1. The van der Waals surface area contributed by atoms with Crippen molar-refractivity contribution in [2.24, 2.45) is 5.73 Å². The van der Waals surface area contributed by atoms with E-state index in [0.717, 1.165) is 0 Å². The molecular formula is C23H41N. The van der Waals surface area contributed by atoms with Gasteiger partial charge >= 0.3 is 0 Å². The second-order valence-electron chi connectivity index (χ2n) is 7.29. The molecule has 0 aliphatic heterocycles. The van der Waals surface area contributed by atoms with E-state index in [1.54, 1.807) is 11.1 Å². The minimum atomic E-state index is 0.690. The predicted molar refractivity (Wildman–Crippen MR) is 108 cm³/mol. The SMILES string of the molecule is CCCCCCCCc1cccc(CN)c1CCCCCCCC. The Morgan fingerprint density at radius 2 is 1.12 bits per heavy atom. The summed E-state index contributed by atoms with van der Waals surface area (Å²) in [5, 5.41) is 0. The largest absolute Gasteiger partial charge is 0.326 e. The van der Waals surface area contributed by atoms with Crippen LogP contribution in [-0.4, -0.2) is 0 Å². The van der Waals surface area contributed by atoms with Crippen molar-refractivity contribution in [2.75, 3.05) is 0 Å². The lowest BCUT2D eigenvalue weighted by molar-refractivity contribution is 0.598. The number of aryl methyl sites for hydroxylation is 1. The smallest absolute Gasteiger partial charge is 0.0180 e. The molecule has 24 heavy (non-hydrogen) atoms. The third-order valence-electron chi connectivity index (χ3n) is 5.17. The summed E-state index contributed by atoms with van der Waals surface area (Å²) in [6, 6.07) is 6.79. The molecule has 1 nitrogen and oxygen atoms in total. The first-order valence-corrected chi connectivity index (χ1v) is 10.6. The Labute approximate surface area is 151 Å². The van der Waals surface area contributed by atoms with Gasteiger partial charge in [0.25, 0.3) is 0 Å². The maximum absolute atomic E-state index is 6.00. The van der Waals surface area contributed by atoms with Gasteiger partial charge in [0.1, 0.15) is 0 Å². The van der Waals surface area contributed by atoms with Crippen molar-refractivity contribution in [1.82, 2.24) is 0 Å². The summed E-state index contributed by atoms with van der Waals surface area (Å²) in [6.45, 7) is 5.26. The molecule has 1 heteroatoms. The Balaban J connectivity index is 2.42. The van der Waals surface area contributed by atoms with Crippen molar-refractivity contribution in [3.8, 4) is 0 Å². The molecule has 0 bridgehead atoms. The first-order chi connectivity index (χ1) is 11.8. The monoisotopic (exact) mass is 331 g/mol. The topological polar surface area (TPSA) is 26.0 Å². The highest BCUT2D eigenvalue weighted by molar-refractivity contribution is 5.35. The van der Waals surface area contributed by atoms with Crippen LogP contribution in [-0.2, 0) is 19.4 Å². The predicted octanol–water partition coefficient (Wildman–Crippen LogP) is 6.95. The third kappa shape index (κ3) is 8.87. The van der Waals surface area contributed by atoms with Crippen molar-refractivity contribution < 1.29 is 0 Å². The van der Waals surface area contributed by atoms with E-state index in [-0.39, 0.29) is 0 Å². The maximum Gasteiger partial charge on any atom is 0.0180 e. The summed E-state index contributed by atoms with van der Waals surface area (Å²) in [5.41, 5.74) is 10.5. The molecule has 0 aromatic heterocycles. The van der Waals surface area contributed by atoms with Crippen molar-refractivity contribution in [3.63, 3.8) is 0 Å². The van der Waals surface area contributed by atoms with Gasteiger partial charge < -0.3 is 5.73 Å². The molecule has 0 amide bonds. The van der Waals surface area contributed by atoms with E-state index in [1.165, 1.54) is 95.5 Å².